The molecule has 0 aromatic heterocycles. The molecule has 1 atom stereocenters. The van der Waals surface area contributed by atoms with E-state index in [2.05, 4.69) is 16.6 Å². The molecule has 37 heavy (non-hydrogen) atoms. The lowest BCUT2D eigenvalue weighted by Crippen LogP contribution is -2.37. The van der Waals surface area contributed by atoms with Crippen LogP contribution >= 0.6 is 0 Å². The smallest absolute Gasteiger partial charge is 0.355 e. The molecule has 0 heterocycles. The third kappa shape index (κ3) is 6.63. The fourth-order valence-corrected chi connectivity index (χ4v) is 4.86. The van der Waals surface area contributed by atoms with E-state index in [9.17, 15) is 22.4 Å². The maximum Gasteiger partial charge on any atom is 0.355 e. The zero-order chi connectivity index (χ0) is 27.0. The molecular formula is C28H24FNO6S. The van der Waals surface area contributed by atoms with E-state index in [1.54, 1.807) is 49.4 Å². The Morgan fingerprint density at radius 2 is 1.54 bits per heavy atom. The van der Waals surface area contributed by atoms with Gasteiger partial charge in [0.15, 0.2) is 0 Å². The van der Waals surface area contributed by atoms with E-state index in [0.717, 1.165) is 30.2 Å². The van der Waals surface area contributed by atoms with E-state index in [0.29, 0.717) is 11.1 Å². The Morgan fingerprint density at radius 1 is 0.919 bits per heavy atom. The van der Waals surface area contributed by atoms with E-state index in [1.165, 1.54) is 36.4 Å². The molecule has 0 aliphatic carbocycles. The van der Waals surface area contributed by atoms with Gasteiger partial charge < -0.3 is 9.47 Å². The second-order valence-corrected chi connectivity index (χ2v) is 9.56. The van der Waals surface area contributed by atoms with Crippen LogP contribution in [-0.4, -0.2) is 38.9 Å². The first-order chi connectivity index (χ1) is 17.7. The second-order valence-electron chi connectivity index (χ2n) is 7.75. The Hall–Kier alpha value is -4.42. The van der Waals surface area contributed by atoms with Crippen LogP contribution in [0.3, 0.4) is 0 Å². The van der Waals surface area contributed by atoms with E-state index in [1.807, 2.05) is 0 Å². The van der Waals surface area contributed by atoms with Gasteiger partial charge >= 0.3 is 11.9 Å². The Balaban J connectivity index is 2.34. The molecular weight excluding hydrogens is 497 g/mol. The number of rotatable bonds is 7. The fourth-order valence-electron chi connectivity index (χ4n) is 3.32. The number of hydrogen-bond acceptors (Lipinski definition) is 6. The lowest BCUT2D eigenvalue weighted by Gasteiger charge is -2.30. The molecule has 3 aromatic carbocycles. The molecule has 7 nitrogen and oxygen atoms in total. The van der Waals surface area contributed by atoms with Gasteiger partial charge in [-0.2, -0.15) is 0 Å². The Morgan fingerprint density at radius 3 is 2.11 bits per heavy atom. The number of halogens is 1. The molecule has 9 heteroatoms. The molecule has 0 aliphatic rings. The van der Waals surface area contributed by atoms with Crippen LogP contribution in [0.15, 0.2) is 95.5 Å². The zero-order valence-electron chi connectivity index (χ0n) is 20.3. The highest BCUT2D eigenvalue weighted by Gasteiger charge is 2.37. The highest BCUT2D eigenvalue weighted by atomic mass is 32.2. The average molecular weight is 522 g/mol. The molecule has 0 aliphatic heterocycles. The molecule has 0 N–H and O–H groups in total. The molecule has 3 aromatic rings. The quantitative estimate of drug-likeness (QED) is 0.264. The van der Waals surface area contributed by atoms with Crippen molar-refractivity contribution in [2.75, 3.05) is 14.2 Å². The average Bonchev–Trinajstić information content (AvgIpc) is 2.91. The van der Waals surface area contributed by atoms with Crippen molar-refractivity contribution in [3.8, 4) is 11.8 Å². The summed E-state index contributed by atoms with van der Waals surface area (Å²) < 4.78 is 51.8. The molecule has 0 spiro atoms. The SMILES string of the molecule is COC(=O)/C=C(\C(=O)OC)N(C(C#Cc1ccc(F)cc1)c1ccccc1)S(=O)(=O)c1ccc(C)cc1. The normalized spacial score (nSPS) is 12.1. The molecule has 0 saturated heterocycles. The summed E-state index contributed by atoms with van der Waals surface area (Å²) >= 11 is 0. The van der Waals surface area contributed by atoms with E-state index in [4.69, 9.17) is 4.74 Å². The first-order valence-corrected chi connectivity index (χ1v) is 12.4. The minimum atomic E-state index is -4.49. The molecule has 0 radical (unpaired) electrons. The number of carbonyl (C=O) groups excluding carboxylic acids is 2. The summed E-state index contributed by atoms with van der Waals surface area (Å²) in [5, 5.41) is 0. The summed E-state index contributed by atoms with van der Waals surface area (Å²) in [6.45, 7) is 1.80. The third-order valence-corrected chi connectivity index (χ3v) is 7.01. The summed E-state index contributed by atoms with van der Waals surface area (Å²) in [4.78, 5) is 25.0. The lowest BCUT2D eigenvalue weighted by molar-refractivity contribution is -0.139. The van der Waals surface area contributed by atoms with Gasteiger partial charge in [-0.3, -0.25) is 0 Å². The maximum absolute atomic E-state index is 14.1. The van der Waals surface area contributed by atoms with Gasteiger partial charge in [0.1, 0.15) is 17.6 Å². The van der Waals surface area contributed by atoms with E-state index < -0.39 is 39.5 Å². The number of hydrogen-bond donors (Lipinski definition) is 0. The molecule has 190 valence electrons. The fraction of sp³-hybridized carbons (Fsp3) is 0.143. The van der Waals surface area contributed by atoms with Gasteiger partial charge in [-0.25, -0.2) is 26.7 Å². The van der Waals surface area contributed by atoms with Crippen molar-refractivity contribution < 1.29 is 31.9 Å². The third-order valence-electron chi connectivity index (χ3n) is 5.21. The van der Waals surface area contributed by atoms with Gasteiger partial charge in [-0.15, -0.1) is 0 Å². The van der Waals surface area contributed by atoms with Crippen LogP contribution in [0.4, 0.5) is 4.39 Å². The topological polar surface area (TPSA) is 90.0 Å². The van der Waals surface area contributed by atoms with Crippen LogP contribution in [0, 0.1) is 24.6 Å². The second kappa shape index (κ2) is 12.0. The van der Waals surface area contributed by atoms with Gasteiger partial charge in [-0.1, -0.05) is 59.9 Å². The van der Waals surface area contributed by atoms with Crippen molar-refractivity contribution in [1.82, 2.24) is 4.31 Å². The van der Waals surface area contributed by atoms with Gasteiger partial charge in [0.05, 0.1) is 25.2 Å². The van der Waals surface area contributed by atoms with Gasteiger partial charge in [0, 0.05) is 5.56 Å². The number of benzene rings is 3. The highest BCUT2D eigenvalue weighted by molar-refractivity contribution is 7.89. The van der Waals surface area contributed by atoms with Crippen molar-refractivity contribution in [3.63, 3.8) is 0 Å². The number of sulfonamides is 1. The number of nitrogens with zero attached hydrogens (tertiary/aromatic N) is 1. The number of carbonyl (C=O) groups is 2. The van der Waals surface area contributed by atoms with E-state index in [-0.39, 0.29) is 4.90 Å². The monoisotopic (exact) mass is 521 g/mol. The predicted octanol–water partition coefficient (Wildman–Crippen LogP) is 4.15. The largest absolute Gasteiger partial charge is 0.466 e. The first-order valence-electron chi connectivity index (χ1n) is 11.0. The van der Waals surface area contributed by atoms with Crippen LogP contribution in [0.2, 0.25) is 0 Å². The zero-order valence-corrected chi connectivity index (χ0v) is 21.2. The van der Waals surface area contributed by atoms with Crippen molar-refractivity contribution in [3.05, 3.63) is 113 Å². The predicted molar refractivity (Wildman–Crippen MR) is 135 cm³/mol. The molecule has 0 fully saturated rings. The van der Waals surface area contributed by atoms with Gasteiger partial charge in [0.25, 0.3) is 10.0 Å². The first kappa shape index (κ1) is 27.2. The van der Waals surface area contributed by atoms with E-state index >= 15 is 0 Å². The van der Waals surface area contributed by atoms with Crippen molar-refractivity contribution >= 4 is 22.0 Å². The Labute approximate surface area is 215 Å². The van der Waals surface area contributed by atoms with Crippen LogP contribution in [0.25, 0.3) is 0 Å². The standard InChI is InChI=1S/C28H24FNO6S/c1-20-9-16-24(17-10-20)37(33,34)30(26(28(32)36-3)19-27(31)35-2)25(22-7-5-4-6-8-22)18-13-21-11-14-23(29)15-12-21/h4-12,14-17,19,25H,1-3H3/b26-19+. The number of aryl methyl sites for hydroxylation is 1. The molecule has 0 amide bonds. The van der Waals surface area contributed by atoms with Gasteiger partial charge in [-0.05, 0) is 48.9 Å². The minimum absolute atomic E-state index is 0.137. The summed E-state index contributed by atoms with van der Waals surface area (Å²) in [5.74, 6) is 3.21. The van der Waals surface area contributed by atoms with Crippen molar-refractivity contribution in [1.29, 1.82) is 0 Å². The molecule has 1 unspecified atom stereocenters. The summed E-state index contributed by atoms with van der Waals surface area (Å²) in [6, 6.07) is 18.4. The Bertz CT molecular complexity index is 1460. The van der Waals surface area contributed by atoms with Crippen LogP contribution in [-0.2, 0) is 29.1 Å². The number of methoxy groups -OCH3 is 2. The molecule has 3 rings (SSSR count). The molecule has 0 saturated carbocycles. The van der Waals surface area contributed by atoms with Crippen LogP contribution in [0.1, 0.15) is 22.7 Å². The van der Waals surface area contributed by atoms with Crippen molar-refractivity contribution in [2.24, 2.45) is 0 Å². The van der Waals surface area contributed by atoms with Crippen LogP contribution in [0.5, 0.6) is 0 Å². The molecule has 0 bridgehead atoms. The summed E-state index contributed by atoms with van der Waals surface area (Å²) in [7, 11) is -2.34. The maximum atomic E-state index is 14.1. The Kier molecular flexibility index (Phi) is 8.82. The number of ether oxygens (including phenoxy) is 2. The minimum Gasteiger partial charge on any atom is -0.466 e. The van der Waals surface area contributed by atoms with Crippen molar-refractivity contribution in [2.45, 2.75) is 17.9 Å². The van der Waals surface area contributed by atoms with Gasteiger partial charge in [0.2, 0.25) is 0 Å². The summed E-state index contributed by atoms with van der Waals surface area (Å²) in [6.07, 6.45) is 0.743. The highest BCUT2D eigenvalue weighted by Crippen LogP contribution is 2.32. The lowest BCUT2D eigenvalue weighted by atomic mass is 10.1. The number of esters is 2. The summed E-state index contributed by atoms with van der Waals surface area (Å²) in [5.41, 5.74) is 1.04. The van der Waals surface area contributed by atoms with Crippen LogP contribution < -0.4 is 0 Å².